The standard InChI is InChI=1S/C36H33F3N6O6/c1-2-7-44-19-33(46)43-31-17-45(35(48)22-5-6-41-42-16-22)18-32(31)50-20-21-8-27(38)14-28(9-21)51-29-12-23(10-24(13-29)36(44)49)34(47)40-15-25-11-26(37)3-4-30(25)39/h3-6,8-14,16,31-32H,2,7,15,17-20H2,1H3,(H,40,47)(H,43,46)/t31-,32-/m1/s1. The van der Waals surface area contributed by atoms with Gasteiger partial charge in [0.2, 0.25) is 5.91 Å². The molecule has 1 aromatic heterocycles. The molecule has 4 amide bonds. The highest BCUT2D eigenvalue weighted by molar-refractivity contribution is 6.01. The molecule has 3 aromatic carbocycles. The molecule has 3 heterocycles. The number of nitrogens with zero attached hydrogens (tertiary/aromatic N) is 4. The number of fused-ring (bicyclic) bond motifs is 5. The minimum Gasteiger partial charge on any atom is -0.457 e. The van der Waals surface area contributed by atoms with E-state index in [0.717, 1.165) is 24.3 Å². The summed E-state index contributed by atoms with van der Waals surface area (Å²) in [5, 5.41) is 12.9. The fraction of sp³-hybridized carbons (Fsp3) is 0.278. The number of carbonyl (C=O) groups is 4. The van der Waals surface area contributed by atoms with Crippen LogP contribution in [0, 0.1) is 17.5 Å². The smallest absolute Gasteiger partial charge is 0.255 e. The molecule has 2 N–H and O–H groups in total. The minimum atomic E-state index is -0.727. The highest BCUT2D eigenvalue weighted by Gasteiger charge is 2.38. The Balaban J connectivity index is 1.31. The second-order valence-electron chi connectivity index (χ2n) is 12.2. The molecule has 264 valence electrons. The molecule has 51 heavy (non-hydrogen) atoms. The number of benzene rings is 3. The lowest BCUT2D eigenvalue weighted by Gasteiger charge is -2.25. The first-order valence-electron chi connectivity index (χ1n) is 16.2. The van der Waals surface area contributed by atoms with Crippen LogP contribution in [0.25, 0.3) is 0 Å². The van der Waals surface area contributed by atoms with E-state index in [9.17, 15) is 32.3 Å². The van der Waals surface area contributed by atoms with Crippen LogP contribution in [0.15, 0.2) is 73.1 Å². The highest BCUT2D eigenvalue weighted by Crippen LogP contribution is 2.28. The van der Waals surface area contributed by atoms with Crippen molar-refractivity contribution in [2.24, 2.45) is 0 Å². The van der Waals surface area contributed by atoms with Crippen molar-refractivity contribution in [1.29, 1.82) is 0 Å². The number of amides is 4. The summed E-state index contributed by atoms with van der Waals surface area (Å²) >= 11 is 0. The first-order chi connectivity index (χ1) is 24.6. The van der Waals surface area contributed by atoms with Gasteiger partial charge in [0.05, 0.1) is 43.3 Å². The van der Waals surface area contributed by atoms with Crippen molar-refractivity contribution in [1.82, 2.24) is 30.6 Å². The number of hydrogen-bond acceptors (Lipinski definition) is 8. The van der Waals surface area contributed by atoms with E-state index in [1.54, 1.807) is 0 Å². The van der Waals surface area contributed by atoms with Crippen LogP contribution in [-0.4, -0.2) is 82.0 Å². The Bertz CT molecular complexity index is 1970. The number of aromatic nitrogens is 2. The normalized spacial score (nSPS) is 17.7. The third-order valence-corrected chi connectivity index (χ3v) is 8.34. The van der Waals surface area contributed by atoms with Crippen LogP contribution in [0.2, 0.25) is 0 Å². The molecular formula is C36H33F3N6O6. The number of ether oxygens (including phenoxy) is 2. The molecule has 0 radical (unpaired) electrons. The van der Waals surface area contributed by atoms with Gasteiger partial charge in [-0.05, 0) is 66.6 Å². The number of likely N-dealkylation sites (tertiary alicyclic amines) is 1. The van der Waals surface area contributed by atoms with E-state index in [2.05, 4.69) is 20.8 Å². The van der Waals surface area contributed by atoms with Crippen molar-refractivity contribution >= 4 is 23.6 Å². The third kappa shape index (κ3) is 8.49. The first kappa shape index (κ1) is 35.0. The molecule has 6 rings (SSSR count). The Morgan fingerprint density at radius 2 is 1.76 bits per heavy atom. The van der Waals surface area contributed by atoms with Crippen molar-refractivity contribution < 1.29 is 41.8 Å². The van der Waals surface area contributed by atoms with Crippen LogP contribution in [-0.2, 0) is 22.7 Å². The predicted molar refractivity (Wildman–Crippen MR) is 175 cm³/mol. The monoisotopic (exact) mass is 702 g/mol. The van der Waals surface area contributed by atoms with E-state index < -0.39 is 47.3 Å². The van der Waals surface area contributed by atoms with Gasteiger partial charge >= 0.3 is 0 Å². The summed E-state index contributed by atoms with van der Waals surface area (Å²) in [6.45, 7) is 1.41. The van der Waals surface area contributed by atoms with Crippen molar-refractivity contribution in [3.63, 3.8) is 0 Å². The molecule has 1 fully saturated rings. The number of hydrogen-bond donors (Lipinski definition) is 2. The van der Waals surface area contributed by atoms with Gasteiger partial charge in [-0.3, -0.25) is 19.2 Å². The molecule has 2 aliphatic heterocycles. The van der Waals surface area contributed by atoms with E-state index in [0.29, 0.717) is 17.5 Å². The molecule has 2 aliphatic rings. The molecule has 0 spiro atoms. The van der Waals surface area contributed by atoms with E-state index in [4.69, 9.17) is 9.47 Å². The lowest BCUT2D eigenvalue weighted by molar-refractivity contribution is -0.123. The third-order valence-electron chi connectivity index (χ3n) is 8.34. The summed E-state index contributed by atoms with van der Waals surface area (Å²) in [6.07, 6.45) is 2.54. The van der Waals surface area contributed by atoms with Crippen LogP contribution >= 0.6 is 0 Å². The fourth-order valence-corrected chi connectivity index (χ4v) is 5.95. The van der Waals surface area contributed by atoms with Gasteiger partial charge in [-0.2, -0.15) is 10.2 Å². The summed E-state index contributed by atoms with van der Waals surface area (Å²) in [6, 6.07) is 11.6. The van der Waals surface area contributed by atoms with Crippen LogP contribution in [0.5, 0.6) is 11.5 Å². The Kier molecular flexibility index (Phi) is 10.6. The summed E-state index contributed by atoms with van der Waals surface area (Å²) in [7, 11) is 0. The zero-order valence-electron chi connectivity index (χ0n) is 27.4. The Hall–Kier alpha value is -5.83. The first-order valence-corrected chi connectivity index (χ1v) is 16.2. The zero-order valence-corrected chi connectivity index (χ0v) is 27.4. The van der Waals surface area contributed by atoms with E-state index in [-0.39, 0.29) is 73.4 Å². The van der Waals surface area contributed by atoms with Gasteiger partial charge in [-0.15, -0.1) is 0 Å². The molecule has 4 bridgehead atoms. The number of rotatable bonds is 6. The van der Waals surface area contributed by atoms with Crippen LogP contribution in [0.1, 0.15) is 55.5 Å². The van der Waals surface area contributed by atoms with E-state index in [1.807, 2.05) is 6.92 Å². The minimum absolute atomic E-state index is 0.00371. The predicted octanol–water partition coefficient (Wildman–Crippen LogP) is 4.01. The van der Waals surface area contributed by atoms with Gasteiger partial charge in [0.15, 0.2) is 0 Å². The molecule has 0 saturated carbocycles. The summed E-state index contributed by atoms with van der Waals surface area (Å²) in [5.41, 5.74) is 0.523. The van der Waals surface area contributed by atoms with Crippen molar-refractivity contribution in [3.8, 4) is 11.5 Å². The van der Waals surface area contributed by atoms with E-state index in [1.165, 1.54) is 58.6 Å². The molecule has 4 aromatic rings. The molecule has 12 nitrogen and oxygen atoms in total. The number of nitrogens with one attached hydrogen (secondary N) is 2. The zero-order chi connectivity index (χ0) is 36.1. The van der Waals surface area contributed by atoms with Gasteiger partial charge in [-0.1, -0.05) is 6.92 Å². The molecule has 15 heteroatoms. The number of carbonyl (C=O) groups excluding carboxylic acids is 4. The van der Waals surface area contributed by atoms with Crippen LogP contribution in [0.3, 0.4) is 0 Å². The maximum atomic E-state index is 14.9. The molecule has 2 atom stereocenters. The van der Waals surface area contributed by atoms with Crippen molar-refractivity contribution in [2.75, 3.05) is 26.2 Å². The van der Waals surface area contributed by atoms with Gasteiger partial charge in [0, 0.05) is 48.9 Å². The molecule has 0 aliphatic carbocycles. The van der Waals surface area contributed by atoms with E-state index >= 15 is 0 Å². The van der Waals surface area contributed by atoms with Crippen molar-refractivity contribution in [2.45, 2.75) is 38.6 Å². The lowest BCUT2D eigenvalue weighted by atomic mass is 10.1. The second kappa shape index (κ2) is 15.4. The summed E-state index contributed by atoms with van der Waals surface area (Å²) < 4.78 is 55.0. The fourth-order valence-electron chi connectivity index (χ4n) is 5.95. The average molecular weight is 703 g/mol. The molecule has 1 saturated heterocycles. The quantitative estimate of drug-likeness (QED) is 0.307. The Labute approximate surface area is 290 Å². The van der Waals surface area contributed by atoms with Crippen LogP contribution < -0.4 is 15.4 Å². The SMILES string of the molecule is CCCN1CC(=O)N[C@@H]2CN(C(=O)c3ccnnc3)C[C@H]2OCc2cc(F)cc(c2)Oc2cc(C(=O)NCc3cc(F)ccc3F)cc(c2)C1=O. The van der Waals surface area contributed by atoms with Gasteiger partial charge in [0.25, 0.3) is 17.7 Å². The molecule has 0 unspecified atom stereocenters. The average Bonchev–Trinajstić information content (AvgIpc) is 3.51. The summed E-state index contributed by atoms with van der Waals surface area (Å²) in [5.74, 6) is -4.19. The molecular weight excluding hydrogens is 669 g/mol. The Morgan fingerprint density at radius 3 is 2.55 bits per heavy atom. The maximum Gasteiger partial charge on any atom is 0.255 e. The van der Waals surface area contributed by atoms with Gasteiger partial charge < -0.3 is 29.9 Å². The maximum absolute atomic E-state index is 14.9. The largest absolute Gasteiger partial charge is 0.457 e. The van der Waals surface area contributed by atoms with Crippen LogP contribution in [0.4, 0.5) is 13.2 Å². The van der Waals surface area contributed by atoms with Gasteiger partial charge in [-0.25, -0.2) is 13.2 Å². The van der Waals surface area contributed by atoms with Crippen molar-refractivity contribution in [3.05, 3.63) is 118 Å². The summed E-state index contributed by atoms with van der Waals surface area (Å²) in [4.78, 5) is 56.8. The topological polar surface area (TPSA) is 143 Å². The lowest BCUT2D eigenvalue weighted by Crippen LogP contribution is -2.49. The highest BCUT2D eigenvalue weighted by atomic mass is 19.1. The Morgan fingerprint density at radius 1 is 0.941 bits per heavy atom. The second-order valence-corrected chi connectivity index (χ2v) is 12.2. The van der Waals surface area contributed by atoms with Gasteiger partial charge in [0.1, 0.15) is 29.0 Å². The number of halogens is 3.